The van der Waals surface area contributed by atoms with E-state index in [0.29, 0.717) is 0 Å². The maximum absolute atomic E-state index is 4.65. The van der Waals surface area contributed by atoms with Gasteiger partial charge in [-0.25, -0.2) is 15.0 Å². The first-order valence-electron chi connectivity index (χ1n) is 5.56. The third-order valence-corrected chi connectivity index (χ3v) is 4.62. The van der Waals surface area contributed by atoms with Gasteiger partial charge in [0, 0.05) is 11.1 Å². The fourth-order valence-electron chi connectivity index (χ4n) is 1.63. The Morgan fingerprint density at radius 2 is 1.72 bits per heavy atom. The SMILES string of the molecule is Cc1csc(Sc2nc3ccccc3nc2C)n1. The van der Waals surface area contributed by atoms with Crippen LogP contribution in [0.4, 0.5) is 0 Å². The van der Waals surface area contributed by atoms with E-state index in [1.165, 1.54) is 0 Å². The fourth-order valence-corrected chi connectivity index (χ4v) is 3.42. The first kappa shape index (κ1) is 11.6. The van der Waals surface area contributed by atoms with E-state index in [-0.39, 0.29) is 0 Å². The molecule has 3 nitrogen and oxygen atoms in total. The summed E-state index contributed by atoms with van der Waals surface area (Å²) in [6.45, 7) is 3.99. The third kappa shape index (κ3) is 2.23. The number of hydrogen-bond donors (Lipinski definition) is 0. The molecule has 5 heteroatoms. The van der Waals surface area contributed by atoms with Gasteiger partial charge >= 0.3 is 0 Å². The molecule has 0 aliphatic carbocycles. The molecular weight excluding hydrogens is 262 g/mol. The van der Waals surface area contributed by atoms with Crippen LogP contribution in [-0.4, -0.2) is 15.0 Å². The largest absolute Gasteiger partial charge is 0.249 e. The van der Waals surface area contributed by atoms with Gasteiger partial charge in [-0.1, -0.05) is 12.1 Å². The molecule has 0 radical (unpaired) electrons. The van der Waals surface area contributed by atoms with Crippen LogP contribution in [0.2, 0.25) is 0 Å². The summed E-state index contributed by atoms with van der Waals surface area (Å²) in [6, 6.07) is 7.93. The second kappa shape index (κ2) is 4.66. The van der Waals surface area contributed by atoms with Crippen LogP contribution >= 0.6 is 23.1 Å². The van der Waals surface area contributed by atoms with Crippen LogP contribution in [0.3, 0.4) is 0 Å². The number of hydrogen-bond acceptors (Lipinski definition) is 5. The zero-order valence-electron chi connectivity index (χ0n) is 10.0. The molecule has 0 saturated heterocycles. The van der Waals surface area contributed by atoms with E-state index in [1.807, 2.05) is 43.5 Å². The lowest BCUT2D eigenvalue weighted by atomic mass is 10.3. The van der Waals surface area contributed by atoms with Gasteiger partial charge < -0.3 is 0 Å². The Kier molecular flexibility index (Phi) is 3.01. The van der Waals surface area contributed by atoms with Gasteiger partial charge in [-0.05, 0) is 37.7 Å². The van der Waals surface area contributed by atoms with Crippen molar-refractivity contribution in [1.29, 1.82) is 0 Å². The lowest BCUT2D eigenvalue weighted by molar-refractivity contribution is 1.03. The standard InChI is InChI=1S/C13H11N3S2/c1-8-7-17-13(14-8)18-12-9(2)15-10-5-3-4-6-11(10)16-12/h3-7H,1-2H3. The topological polar surface area (TPSA) is 38.7 Å². The number of thiazole rings is 1. The van der Waals surface area contributed by atoms with E-state index in [0.717, 1.165) is 31.8 Å². The number of nitrogens with zero attached hydrogens (tertiary/aromatic N) is 3. The molecule has 0 bridgehead atoms. The van der Waals surface area contributed by atoms with E-state index in [2.05, 4.69) is 15.0 Å². The summed E-state index contributed by atoms with van der Waals surface area (Å²) < 4.78 is 1.01. The molecule has 1 aromatic carbocycles. The van der Waals surface area contributed by atoms with Crippen molar-refractivity contribution in [2.24, 2.45) is 0 Å². The highest BCUT2D eigenvalue weighted by atomic mass is 32.2. The van der Waals surface area contributed by atoms with Crippen molar-refractivity contribution in [3.8, 4) is 0 Å². The van der Waals surface area contributed by atoms with Gasteiger partial charge in [0.05, 0.1) is 16.7 Å². The van der Waals surface area contributed by atoms with Gasteiger partial charge in [-0.3, -0.25) is 0 Å². The minimum atomic E-state index is 0.930. The van der Waals surface area contributed by atoms with Crippen molar-refractivity contribution in [1.82, 2.24) is 15.0 Å². The Hall–Kier alpha value is -1.46. The molecule has 0 fully saturated rings. The van der Waals surface area contributed by atoms with Gasteiger partial charge in [0.1, 0.15) is 5.03 Å². The molecule has 2 heterocycles. The van der Waals surface area contributed by atoms with Gasteiger partial charge in [0.2, 0.25) is 0 Å². The number of fused-ring (bicyclic) bond motifs is 1. The maximum Gasteiger partial charge on any atom is 0.156 e. The highest BCUT2D eigenvalue weighted by molar-refractivity contribution is 8.01. The minimum absolute atomic E-state index is 0.930. The Morgan fingerprint density at radius 3 is 2.39 bits per heavy atom. The molecule has 2 aromatic heterocycles. The second-order valence-electron chi connectivity index (χ2n) is 3.96. The lowest BCUT2D eigenvalue weighted by Crippen LogP contribution is -1.92. The maximum atomic E-state index is 4.65. The Labute approximate surface area is 113 Å². The van der Waals surface area contributed by atoms with E-state index in [1.54, 1.807) is 23.1 Å². The number of rotatable bonds is 2. The minimum Gasteiger partial charge on any atom is -0.249 e. The molecule has 0 saturated carbocycles. The van der Waals surface area contributed by atoms with E-state index in [9.17, 15) is 0 Å². The summed E-state index contributed by atoms with van der Waals surface area (Å²) in [5.74, 6) is 0. The zero-order chi connectivity index (χ0) is 12.5. The first-order chi connectivity index (χ1) is 8.72. The zero-order valence-corrected chi connectivity index (χ0v) is 11.7. The van der Waals surface area contributed by atoms with Crippen molar-refractivity contribution < 1.29 is 0 Å². The molecule has 0 amide bonds. The average molecular weight is 273 g/mol. The van der Waals surface area contributed by atoms with Crippen LogP contribution in [0.15, 0.2) is 39.0 Å². The van der Waals surface area contributed by atoms with Crippen LogP contribution in [0, 0.1) is 13.8 Å². The van der Waals surface area contributed by atoms with E-state index < -0.39 is 0 Å². The quantitative estimate of drug-likeness (QED) is 0.711. The smallest absolute Gasteiger partial charge is 0.156 e. The summed E-state index contributed by atoms with van der Waals surface area (Å²) in [4.78, 5) is 13.7. The molecule has 0 aliphatic heterocycles. The summed E-state index contributed by atoms with van der Waals surface area (Å²) in [5, 5.41) is 2.98. The molecule has 0 aliphatic rings. The molecule has 0 unspecified atom stereocenters. The summed E-state index contributed by atoms with van der Waals surface area (Å²) in [6.07, 6.45) is 0. The molecule has 90 valence electrons. The Bertz CT molecular complexity index is 706. The van der Waals surface area contributed by atoms with Crippen LogP contribution in [0.1, 0.15) is 11.4 Å². The number of aromatic nitrogens is 3. The van der Waals surface area contributed by atoms with Gasteiger partial charge in [-0.2, -0.15) is 0 Å². The van der Waals surface area contributed by atoms with E-state index >= 15 is 0 Å². The predicted octanol–water partition coefficient (Wildman–Crippen LogP) is 3.85. The average Bonchev–Trinajstić information content (AvgIpc) is 2.76. The number of para-hydroxylation sites is 2. The Balaban J connectivity index is 2.03. The number of aryl methyl sites for hydroxylation is 2. The lowest BCUT2D eigenvalue weighted by Gasteiger charge is -2.03. The summed E-state index contributed by atoms with van der Waals surface area (Å²) in [5.41, 5.74) is 3.87. The molecule has 0 N–H and O–H groups in total. The molecule has 3 rings (SSSR count). The monoisotopic (exact) mass is 273 g/mol. The van der Waals surface area contributed by atoms with Crippen molar-refractivity contribution in [2.75, 3.05) is 0 Å². The summed E-state index contributed by atoms with van der Waals surface area (Å²) >= 11 is 3.23. The molecule has 18 heavy (non-hydrogen) atoms. The first-order valence-corrected chi connectivity index (χ1v) is 7.25. The molecule has 0 spiro atoms. The highest BCUT2D eigenvalue weighted by Gasteiger charge is 2.08. The molecular formula is C13H11N3S2. The molecule has 3 aromatic rings. The normalized spacial score (nSPS) is 11.0. The fraction of sp³-hybridized carbons (Fsp3) is 0.154. The van der Waals surface area contributed by atoms with Crippen molar-refractivity contribution in [2.45, 2.75) is 23.2 Å². The highest BCUT2D eigenvalue weighted by Crippen LogP contribution is 2.31. The van der Waals surface area contributed by atoms with Crippen LogP contribution in [0.5, 0.6) is 0 Å². The van der Waals surface area contributed by atoms with Crippen molar-refractivity contribution in [3.05, 3.63) is 41.0 Å². The Morgan fingerprint density at radius 1 is 1.00 bits per heavy atom. The van der Waals surface area contributed by atoms with Crippen molar-refractivity contribution >= 4 is 34.1 Å². The van der Waals surface area contributed by atoms with Crippen LogP contribution in [-0.2, 0) is 0 Å². The van der Waals surface area contributed by atoms with E-state index in [4.69, 9.17) is 0 Å². The number of benzene rings is 1. The second-order valence-corrected chi connectivity index (χ2v) is 6.05. The van der Waals surface area contributed by atoms with Gasteiger partial charge in [0.15, 0.2) is 4.34 Å². The third-order valence-electron chi connectivity index (χ3n) is 2.48. The predicted molar refractivity (Wildman–Crippen MR) is 75.2 cm³/mol. The van der Waals surface area contributed by atoms with Crippen molar-refractivity contribution in [3.63, 3.8) is 0 Å². The van der Waals surface area contributed by atoms with Gasteiger partial charge in [0.25, 0.3) is 0 Å². The summed E-state index contributed by atoms with van der Waals surface area (Å²) in [7, 11) is 0. The van der Waals surface area contributed by atoms with Crippen LogP contribution in [0.25, 0.3) is 11.0 Å². The molecule has 0 atom stereocenters. The van der Waals surface area contributed by atoms with Crippen LogP contribution < -0.4 is 0 Å². The van der Waals surface area contributed by atoms with Gasteiger partial charge in [-0.15, -0.1) is 11.3 Å².